The third-order valence-corrected chi connectivity index (χ3v) is 8.08. The summed E-state index contributed by atoms with van der Waals surface area (Å²) in [5, 5.41) is 9.17. The second kappa shape index (κ2) is 7.93. The third-order valence-electron chi connectivity index (χ3n) is 7.54. The van der Waals surface area contributed by atoms with E-state index < -0.39 is 0 Å². The molecule has 2 atom stereocenters. The van der Waals surface area contributed by atoms with E-state index in [2.05, 4.69) is 5.32 Å². The van der Waals surface area contributed by atoms with E-state index in [0.29, 0.717) is 34.1 Å². The number of rotatable bonds is 4. The van der Waals surface area contributed by atoms with Crippen LogP contribution in [0.2, 0.25) is 10.0 Å². The normalized spacial score (nSPS) is 25.4. The summed E-state index contributed by atoms with van der Waals surface area (Å²) < 4.78 is 1.96. The van der Waals surface area contributed by atoms with E-state index in [-0.39, 0.29) is 5.91 Å². The zero-order valence-electron chi connectivity index (χ0n) is 17.7. The van der Waals surface area contributed by atoms with Crippen molar-refractivity contribution in [2.75, 3.05) is 0 Å². The lowest BCUT2D eigenvalue weighted by Crippen LogP contribution is -2.28. The first-order valence-electron chi connectivity index (χ1n) is 11.5. The maximum Gasteiger partial charge on any atom is 0.272 e. The molecular weight excluding hydrogens is 441 g/mol. The Kier molecular flexibility index (Phi) is 5.03. The average molecular weight is 466 g/mol. The minimum Gasteiger partial charge on any atom is -0.347 e. The minimum atomic E-state index is -0.102. The number of carbonyl (C=O) groups is 1. The van der Waals surface area contributed by atoms with Gasteiger partial charge in [0.1, 0.15) is 0 Å². The average Bonchev–Trinajstić information content (AvgIpc) is 3.09. The highest BCUT2D eigenvalue weighted by Gasteiger charge is 2.46. The van der Waals surface area contributed by atoms with Gasteiger partial charge in [-0.05, 0) is 73.6 Å². The standard InChI is InChI=1S/C26H25Cl2N3O/c27-20-6-7-22(21(28)13-20)31-25-19-11-16-8-17(12-19)10-18(9-16)23(25)24(30-31)26(32)29-14-15-4-2-1-3-5-15/h1-7,13,16-19H,8-12,14H2,(H,29,32). The van der Waals surface area contributed by atoms with Crippen molar-refractivity contribution in [2.24, 2.45) is 11.8 Å². The molecule has 0 spiro atoms. The predicted octanol–water partition coefficient (Wildman–Crippen LogP) is 6.50. The Morgan fingerprint density at radius 2 is 1.69 bits per heavy atom. The molecule has 164 valence electrons. The number of nitrogens with one attached hydrogen (secondary N) is 1. The quantitative estimate of drug-likeness (QED) is 0.477. The number of halogens is 2. The second-order valence-electron chi connectivity index (χ2n) is 9.63. The van der Waals surface area contributed by atoms with Crippen molar-refractivity contribution in [3.8, 4) is 5.69 Å². The lowest BCUT2D eigenvalue weighted by atomic mass is 9.67. The van der Waals surface area contributed by atoms with Crippen LogP contribution < -0.4 is 5.32 Å². The van der Waals surface area contributed by atoms with Gasteiger partial charge in [-0.25, -0.2) is 4.68 Å². The van der Waals surface area contributed by atoms with E-state index >= 15 is 0 Å². The molecule has 4 nitrogen and oxygen atoms in total. The van der Waals surface area contributed by atoms with Gasteiger partial charge in [0.05, 0.1) is 16.4 Å². The lowest BCUT2D eigenvalue weighted by Gasteiger charge is -2.38. The van der Waals surface area contributed by atoms with Crippen LogP contribution in [-0.2, 0) is 6.54 Å². The third kappa shape index (κ3) is 3.45. The summed E-state index contributed by atoms with van der Waals surface area (Å²) in [6.45, 7) is 0.488. The molecule has 2 unspecified atom stereocenters. The summed E-state index contributed by atoms with van der Waals surface area (Å²) in [5.74, 6) is 2.23. The van der Waals surface area contributed by atoms with Crippen molar-refractivity contribution in [1.82, 2.24) is 15.1 Å². The van der Waals surface area contributed by atoms with E-state index in [9.17, 15) is 4.79 Å². The summed E-state index contributed by atoms with van der Waals surface area (Å²) in [6, 6.07) is 15.5. The molecular formula is C26H25Cl2N3O. The van der Waals surface area contributed by atoms with Crippen molar-refractivity contribution in [1.29, 1.82) is 0 Å². The first kappa shape index (κ1) is 20.3. The molecule has 0 radical (unpaired) electrons. The van der Waals surface area contributed by atoms with Crippen molar-refractivity contribution >= 4 is 29.1 Å². The van der Waals surface area contributed by atoms with Crippen molar-refractivity contribution in [3.05, 3.63) is 81.1 Å². The molecule has 1 aromatic heterocycles. The number of hydrogen-bond donors (Lipinski definition) is 1. The highest BCUT2D eigenvalue weighted by atomic mass is 35.5. The van der Waals surface area contributed by atoms with E-state index in [0.717, 1.165) is 28.7 Å². The predicted molar refractivity (Wildman–Crippen MR) is 127 cm³/mol. The minimum absolute atomic E-state index is 0.102. The van der Waals surface area contributed by atoms with Crippen LogP contribution in [0.15, 0.2) is 48.5 Å². The van der Waals surface area contributed by atoms with Crippen LogP contribution in [0.4, 0.5) is 0 Å². The molecule has 2 aromatic carbocycles. The Bertz CT molecular complexity index is 1180. The number of carbonyl (C=O) groups excluding carboxylic acids is 1. The van der Waals surface area contributed by atoms with Crippen molar-refractivity contribution in [3.63, 3.8) is 0 Å². The van der Waals surface area contributed by atoms with Crippen molar-refractivity contribution < 1.29 is 4.79 Å². The molecule has 7 rings (SSSR count). The smallest absolute Gasteiger partial charge is 0.272 e. The summed E-state index contributed by atoms with van der Waals surface area (Å²) in [6.07, 6.45) is 6.03. The molecule has 0 aliphatic heterocycles. The van der Waals surface area contributed by atoms with E-state index in [1.54, 1.807) is 6.07 Å². The molecule has 1 amide bonds. The van der Waals surface area contributed by atoms with Gasteiger partial charge in [0.2, 0.25) is 0 Å². The molecule has 4 bridgehead atoms. The van der Waals surface area contributed by atoms with Gasteiger partial charge in [-0.3, -0.25) is 4.79 Å². The fourth-order valence-electron chi connectivity index (χ4n) is 6.41. The lowest BCUT2D eigenvalue weighted by molar-refractivity contribution is 0.0942. The van der Waals surface area contributed by atoms with E-state index in [4.69, 9.17) is 28.3 Å². The highest BCUT2D eigenvalue weighted by Crippen LogP contribution is 2.57. The molecule has 2 saturated carbocycles. The largest absolute Gasteiger partial charge is 0.347 e. The number of benzene rings is 2. The van der Waals surface area contributed by atoms with E-state index in [1.807, 2.05) is 47.1 Å². The molecule has 4 aliphatic rings. The zero-order valence-corrected chi connectivity index (χ0v) is 19.2. The fourth-order valence-corrected chi connectivity index (χ4v) is 6.90. The van der Waals surface area contributed by atoms with Crippen LogP contribution in [0.3, 0.4) is 0 Å². The Morgan fingerprint density at radius 1 is 0.969 bits per heavy atom. The van der Waals surface area contributed by atoms with Crippen LogP contribution in [-0.4, -0.2) is 15.7 Å². The number of hydrogen-bond acceptors (Lipinski definition) is 2. The molecule has 4 aliphatic carbocycles. The van der Waals surface area contributed by atoms with Gasteiger partial charge in [0.25, 0.3) is 5.91 Å². The fraction of sp³-hybridized carbons (Fsp3) is 0.385. The van der Waals surface area contributed by atoms with Crippen LogP contribution in [0, 0.1) is 11.8 Å². The van der Waals surface area contributed by atoms with Gasteiger partial charge in [-0.15, -0.1) is 0 Å². The van der Waals surface area contributed by atoms with Crippen LogP contribution in [0.1, 0.15) is 71.2 Å². The summed E-state index contributed by atoms with van der Waals surface area (Å²) >= 11 is 12.8. The molecule has 0 saturated heterocycles. The number of amides is 1. The Balaban J connectivity index is 1.45. The van der Waals surface area contributed by atoms with Gasteiger partial charge >= 0.3 is 0 Å². The Labute approximate surface area is 197 Å². The van der Waals surface area contributed by atoms with Gasteiger partial charge < -0.3 is 5.32 Å². The molecule has 6 heteroatoms. The van der Waals surface area contributed by atoms with E-state index in [1.165, 1.54) is 37.8 Å². The SMILES string of the molecule is O=C(NCc1ccccc1)c1nn(-c2ccc(Cl)cc2Cl)c2c1C1CC3CC(C1)CC2C3. The summed E-state index contributed by atoms with van der Waals surface area (Å²) in [4.78, 5) is 13.4. The summed E-state index contributed by atoms with van der Waals surface area (Å²) in [5.41, 5.74) is 4.81. The maximum atomic E-state index is 13.4. The van der Waals surface area contributed by atoms with Gasteiger partial charge in [-0.2, -0.15) is 5.10 Å². The molecule has 1 N–H and O–H groups in total. The second-order valence-corrected chi connectivity index (χ2v) is 10.5. The zero-order chi connectivity index (χ0) is 21.8. The monoisotopic (exact) mass is 465 g/mol. The topological polar surface area (TPSA) is 46.9 Å². The number of aromatic nitrogens is 2. The van der Waals surface area contributed by atoms with Gasteiger partial charge in [0.15, 0.2) is 5.69 Å². The number of nitrogens with zero attached hydrogens (tertiary/aromatic N) is 2. The Morgan fingerprint density at radius 3 is 2.41 bits per heavy atom. The first-order valence-corrected chi connectivity index (χ1v) is 12.2. The molecule has 32 heavy (non-hydrogen) atoms. The van der Waals surface area contributed by atoms with Gasteiger partial charge in [0, 0.05) is 23.0 Å². The maximum absolute atomic E-state index is 13.4. The van der Waals surface area contributed by atoms with Crippen LogP contribution in [0.5, 0.6) is 0 Å². The van der Waals surface area contributed by atoms with Crippen LogP contribution in [0.25, 0.3) is 5.69 Å². The highest BCUT2D eigenvalue weighted by molar-refractivity contribution is 6.35. The Hall–Kier alpha value is -2.30. The molecule has 3 aromatic rings. The first-order chi connectivity index (χ1) is 15.6. The van der Waals surface area contributed by atoms with Crippen molar-refractivity contribution in [2.45, 2.75) is 50.5 Å². The summed E-state index contributed by atoms with van der Waals surface area (Å²) in [7, 11) is 0. The molecule has 1 heterocycles. The molecule has 2 fully saturated rings. The van der Waals surface area contributed by atoms with Gasteiger partial charge in [-0.1, -0.05) is 53.5 Å². The van der Waals surface area contributed by atoms with Crippen LogP contribution >= 0.6 is 23.2 Å².